The molecule has 2 aliphatic heterocycles. The van der Waals surface area contributed by atoms with Crippen molar-refractivity contribution >= 4 is 17.5 Å². The molecule has 2 bridgehead atoms. The zero-order chi connectivity index (χ0) is 13.5. The average Bonchev–Trinajstić information content (AvgIpc) is 3.14. The molecule has 2 nitrogen and oxygen atoms in total. The van der Waals surface area contributed by atoms with Crippen molar-refractivity contribution < 1.29 is 9.53 Å². The summed E-state index contributed by atoms with van der Waals surface area (Å²) < 4.78 is 5.75. The van der Waals surface area contributed by atoms with Gasteiger partial charge in [-0.2, -0.15) is 11.8 Å². The largest absolute Gasteiger partial charge is 0.365 e. The minimum Gasteiger partial charge on any atom is -0.365 e. The first kappa shape index (κ1) is 12.4. The Balaban J connectivity index is 1.39. The van der Waals surface area contributed by atoms with Gasteiger partial charge in [-0.15, -0.1) is 0 Å². The van der Waals surface area contributed by atoms with Crippen LogP contribution in [0.25, 0.3) is 0 Å². The lowest BCUT2D eigenvalue weighted by Gasteiger charge is -2.14. The molecule has 20 heavy (non-hydrogen) atoms. The van der Waals surface area contributed by atoms with Crippen molar-refractivity contribution in [3.63, 3.8) is 0 Å². The van der Waals surface area contributed by atoms with Gasteiger partial charge in [0.05, 0.1) is 18.1 Å². The lowest BCUT2D eigenvalue weighted by Crippen LogP contribution is -2.25. The van der Waals surface area contributed by atoms with E-state index in [1.54, 1.807) is 0 Å². The maximum absolute atomic E-state index is 12.4. The van der Waals surface area contributed by atoms with Crippen molar-refractivity contribution in [2.75, 3.05) is 5.75 Å². The monoisotopic (exact) mass is 284 g/mol. The van der Waals surface area contributed by atoms with E-state index in [1.165, 1.54) is 5.56 Å². The van der Waals surface area contributed by atoms with Crippen LogP contribution in [0, 0.1) is 11.8 Å². The van der Waals surface area contributed by atoms with E-state index in [0.29, 0.717) is 11.7 Å². The first-order valence-corrected chi connectivity index (χ1v) is 8.19. The maximum Gasteiger partial charge on any atom is 0.166 e. The Kier molecular flexibility index (Phi) is 3.04. The number of fused-ring (bicyclic) bond motifs is 5. The Morgan fingerprint density at radius 1 is 1.05 bits per heavy atom. The van der Waals surface area contributed by atoms with Crippen LogP contribution in [0.4, 0.5) is 0 Å². The summed E-state index contributed by atoms with van der Waals surface area (Å²) in [6, 6.07) is 10.4. The predicted molar refractivity (Wildman–Crippen MR) is 80.5 cm³/mol. The molecule has 3 aliphatic rings. The van der Waals surface area contributed by atoms with Gasteiger partial charge in [-0.05, 0) is 5.56 Å². The number of ketones is 1. The quantitative estimate of drug-likeness (QED) is 0.795. The van der Waals surface area contributed by atoms with Gasteiger partial charge in [0.25, 0.3) is 0 Å². The van der Waals surface area contributed by atoms with E-state index in [9.17, 15) is 4.79 Å². The molecule has 0 radical (unpaired) electrons. The molecule has 1 fully saturated rings. The van der Waals surface area contributed by atoms with E-state index in [-0.39, 0.29) is 18.1 Å². The average molecular weight is 284 g/mol. The van der Waals surface area contributed by atoms with Crippen LogP contribution in [0.15, 0.2) is 54.1 Å². The Bertz CT molecular complexity index is 590. The molecule has 0 saturated carbocycles. The van der Waals surface area contributed by atoms with Crippen molar-refractivity contribution in [1.82, 2.24) is 0 Å². The van der Waals surface area contributed by atoms with Gasteiger partial charge in [-0.1, -0.05) is 48.6 Å². The molecule has 0 aromatic heterocycles. The molecule has 4 atom stereocenters. The fourth-order valence-corrected chi connectivity index (χ4v) is 4.35. The Morgan fingerprint density at radius 2 is 1.85 bits per heavy atom. The highest BCUT2D eigenvalue weighted by atomic mass is 32.2. The molecule has 0 spiro atoms. The molecule has 0 amide bonds. The fraction of sp³-hybridized carbons (Fsp3) is 0.353. The first-order chi connectivity index (χ1) is 9.83. The third-order valence-corrected chi connectivity index (χ3v) is 5.39. The second-order valence-corrected chi connectivity index (χ2v) is 6.57. The van der Waals surface area contributed by atoms with Crippen molar-refractivity contribution in [3.8, 4) is 0 Å². The molecule has 0 N–H and O–H groups in total. The summed E-state index contributed by atoms with van der Waals surface area (Å²) in [7, 11) is 0. The van der Waals surface area contributed by atoms with Gasteiger partial charge in [0.1, 0.15) is 0 Å². The number of carbonyl (C=O) groups is 1. The lowest BCUT2D eigenvalue weighted by atomic mass is 9.85. The summed E-state index contributed by atoms with van der Waals surface area (Å²) >= 11 is 1.82. The van der Waals surface area contributed by atoms with Gasteiger partial charge < -0.3 is 4.74 Å². The molecule has 2 heterocycles. The topological polar surface area (TPSA) is 26.3 Å². The summed E-state index contributed by atoms with van der Waals surface area (Å²) in [5.41, 5.74) is 2.32. The number of ether oxygens (including phenoxy) is 1. The number of hydrogen-bond donors (Lipinski definition) is 0. The second kappa shape index (κ2) is 4.90. The molecular weight excluding hydrogens is 268 g/mol. The van der Waals surface area contributed by atoms with Crippen LogP contribution in [-0.4, -0.2) is 23.7 Å². The van der Waals surface area contributed by atoms with Gasteiger partial charge in [-0.25, -0.2) is 0 Å². The summed E-state index contributed by atoms with van der Waals surface area (Å²) in [6.45, 7) is 0. The van der Waals surface area contributed by atoms with Gasteiger partial charge in [0, 0.05) is 23.0 Å². The van der Waals surface area contributed by atoms with Crippen molar-refractivity contribution in [3.05, 3.63) is 59.7 Å². The Morgan fingerprint density at radius 3 is 2.65 bits per heavy atom. The van der Waals surface area contributed by atoms with E-state index in [0.717, 1.165) is 17.1 Å². The van der Waals surface area contributed by atoms with Gasteiger partial charge in [0.2, 0.25) is 0 Å². The van der Waals surface area contributed by atoms with Crippen LogP contribution in [-0.2, 0) is 15.3 Å². The number of carbonyl (C=O) groups excluding carboxylic acids is 1. The molecule has 3 heteroatoms. The minimum atomic E-state index is 0.0328. The van der Waals surface area contributed by atoms with Gasteiger partial charge in [-0.3, -0.25) is 4.79 Å². The van der Waals surface area contributed by atoms with Crippen LogP contribution in [0.2, 0.25) is 0 Å². The van der Waals surface area contributed by atoms with E-state index in [1.807, 2.05) is 17.8 Å². The van der Waals surface area contributed by atoms with Crippen molar-refractivity contribution in [1.29, 1.82) is 0 Å². The fourth-order valence-electron chi connectivity index (χ4n) is 3.36. The highest BCUT2D eigenvalue weighted by molar-refractivity contribution is 7.98. The second-order valence-electron chi connectivity index (χ2n) is 5.59. The standard InChI is InChI=1S/C17H16O2S/c18-17-12(10-20-9-11-4-2-1-3-5-11)8-13-14-6-7-15(19-14)16(13)17/h1-8,13-16H,9-10H2/t13-,14-,15+,16-/m0/s1. The Labute approximate surface area is 122 Å². The molecule has 102 valence electrons. The predicted octanol–water partition coefficient (Wildman–Crippen LogP) is 3.00. The normalized spacial score (nSPS) is 33.6. The summed E-state index contributed by atoms with van der Waals surface area (Å²) in [4.78, 5) is 12.4. The smallest absolute Gasteiger partial charge is 0.166 e. The third-order valence-electron chi connectivity index (χ3n) is 4.33. The maximum atomic E-state index is 12.4. The number of thioether (sulfide) groups is 1. The number of rotatable bonds is 4. The summed E-state index contributed by atoms with van der Waals surface area (Å²) in [5, 5.41) is 0. The molecule has 0 unspecified atom stereocenters. The molecular formula is C17H16O2S. The summed E-state index contributed by atoms with van der Waals surface area (Å²) in [6.07, 6.45) is 6.50. The highest BCUT2D eigenvalue weighted by Gasteiger charge is 2.52. The molecule has 1 aliphatic carbocycles. The van der Waals surface area contributed by atoms with E-state index in [2.05, 4.69) is 42.5 Å². The Hall–Kier alpha value is -1.32. The number of Topliss-reactive ketones (excluding diaryl/α,β-unsaturated/α-hetero) is 1. The van der Waals surface area contributed by atoms with Crippen LogP contribution in [0.3, 0.4) is 0 Å². The van der Waals surface area contributed by atoms with E-state index >= 15 is 0 Å². The van der Waals surface area contributed by atoms with Gasteiger partial charge in [0.15, 0.2) is 5.78 Å². The zero-order valence-corrected chi connectivity index (χ0v) is 11.9. The van der Waals surface area contributed by atoms with Crippen LogP contribution >= 0.6 is 11.8 Å². The summed E-state index contributed by atoms with van der Waals surface area (Å²) in [5.74, 6) is 2.46. The number of benzene rings is 1. The van der Waals surface area contributed by atoms with Crippen LogP contribution in [0.5, 0.6) is 0 Å². The molecule has 4 rings (SSSR count). The van der Waals surface area contributed by atoms with Crippen molar-refractivity contribution in [2.24, 2.45) is 11.8 Å². The van der Waals surface area contributed by atoms with Crippen LogP contribution < -0.4 is 0 Å². The highest BCUT2D eigenvalue weighted by Crippen LogP contribution is 2.46. The minimum absolute atomic E-state index is 0.0328. The van der Waals surface area contributed by atoms with Gasteiger partial charge >= 0.3 is 0 Å². The molecule has 1 saturated heterocycles. The van der Waals surface area contributed by atoms with Crippen LogP contribution in [0.1, 0.15) is 5.56 Å². The molecule has 1 aromatic rings. The SMILES string of the molecule is O=C1C(CSCc2ccccc2)=C[C@@H]2[C@H]1[C@H]1C=C[C@@H]2O1. The zero-order valence-electron chi connectivity index (χ0n) is 11.1. The van der Waals surface area contributed by atoms with E-state index < -0.39 is 0 Å². The molecule has 1 aromatic carbocycles. The first-order valence-electron chi connectivity index (χ1n) is 7.03. The van der Waals surface area contributed by atoms with Crippen molar-refractivity contribution in [2.45, 2.75) is 18.0 Å². The van der Waals surface area contributed by atoms with E-state index in [4.69, 9.17) is 4.74 Å². The number of hydrogen-bond acceptors (Lipinski definition) is 3. The third kappa shape index (κ3) is 1.97. The lowest BCUT2D eigenvalue weighted by molar-refractivity contribution is -0.119.